The van der Waals surface area contributed by atoms with Crippen molar-refractivity contribution in [1.29, 1.82) is 0 Å². The molecule has 7 nitrogen and oxygen atoms in total. The van der Waals surface area contributed by atoms with E-state index in [1.54, 1.807) is 6.92 Å². The first-order chi connectivity index (χ1) is 7.90. The third-order valence-electron chi connectivity index (χ3n) is 2.25. The Bertz CT molecular complexity index is 428. The number of nitrogens with one attached hydrogen (secondary N) is 1. The number of hydrogen-bond acceptors (Lipinski definition) is 5. The molecule has 0 aliphatic carbocycles. The molecule has 94 valence electrons. The van der Waals surface area contributed by atoms with E-state index >= 15 is 0 Å². The van der Waals surface area contributed by atoms with E-state index in [0.29, 0.717) is 5.69 Å². The second-order valence-corrected chi connectivity index (χ2v) is 3.79. The average Bonchev–Trinajstić information content (AvgIpc) is 2.64. The van der Waals surface area contributed by atoms with Crippen LogP contribution in [0, 0.1) is 6.92 Å². The molecule has 0 saturated carbocycles. The first-order valence-corrected chi connectivity index (χ1v) is 4.85. The van der Waals surface area contributed by atoms with Crippen LogP contribution < -0.4 is 5.32 Å². The van der Waals surface area contributed by atoms with Crippen LogP contribution in [0.1, 0.15) is 23.2 Å². The van der Waals surface area contributed by atoms with Crippen molar-refractivity contribution in [3.05, 3.63) is 17.8 Å². The van der Waals surface area contributed by atoms with Gasteiger partial charge in [-0.15, -0.1) is 0 Å². The van der Waals surface area contributed by atoms with Gasteiger partial charge in [0, 0.05) is 7.11 Å². The largest absolute Gasteiger partial charge is 0.479 e. The van der Waals surface area contributed by atoms with E-state index < -0.39 is 17.4 Å². The summed E-state index contributed by atoms with van der Waals surface area (Å²) < 4.78 is 9.65. The maximum Gasteiger partial charge on any atom is 0.331 e. The van der Waals surface area contributed by atoms with E-state index in [2.05, 4.69) is 10.3 Å². The number of carboxylic acids is 1. The Balaban J connectivity index is 2.85. The molecule has 0 radical (unpaired) electrons. The molecule has 0 saturated heterocycles. The zero-order chi connectivity index (χ0) is 13.1. The van der Waals surface area contributed by atoms with Gasteiger partial charge in [-0.05, 0) is 13.8 Å². The quantitative estimate of drug-likeness (QED) is 0.764. The number of ether oxygens (including phenoxy) is 1. The summed E-state index contributed by atoms with van der Waals surface area (Å²) >= 11 is 0. The van der Waals surface area contributed by atoms with Crippen LogP contribution in [0.25, 0.3) is 0 Å². The standard InChI is InChI=1S/C10H14N2O5/c1-6-7(17-5-11-6)8(13)12-10(2,4-16-3)9(14)15/h5H,4H2,1-3H3,(H,12,13)(H,14,15). The van der Waals surface area contributed by atoms with Crippen molar-refractivity contribution >= 4 is 11.9 Å². The SMILES string of the molecule is COCC(C)(NC(=O)c1ocnc1C)C(=O)O. The molecule has 1 aromatic rings. The molecule has 1 heterocycles. The minimum absolute atomic E-state index is 0.00595. The van der Waals surface area contributed by atoms with E-state index in [9.17, 15) is 9.59 Å². The van der Waals surface area contributed by atoms with Gasteiger partial charge in [0.05, 0.1) is 12.3 Å². The lowest BCUT2D eigenvalue weighted by molar-refractivity contribution is -0.145. The van der Waals surface area contributed by atoms with E-state index in [0.717, 1.165) is 6.39 Å². The van der Waals surface area contributed by atoms with Crippen molar-refractivity contribution in [3.63, 3.8) is 0 Å². The summed E-state index contributed by atoms with van der Waals surface area (Å²) in [5.41, 5.74) is -1.11. The molecular weight excluding hydrogens is 228 g/mol. The van der Waals surface area contributed by atoms with Crippen molar-refractivity contribution in [2.24, 2.45) is 0 Å². The Kier molecular flexibility index (Phi) is 3.84. The molecule has 0 spiro atoms. The topological polar surface area (TPSA) is 102 Å². The predicted octanol–water partition coefficient (Wildman–Crippen LogP) is 0.203. The number of carbonyl (C=O) groups is 2. The van der Waals surface area contributed by atoms with Crippen molar-refractivity contribution in [1.82, 2.24) is 10.3 Å². The number of amides is 1. The van der Waals surface area contributed by atoms with Crippen LogP contribution in [-0.2, 0) is 9.53 Å². The fourth-order valence-corrected chi connectivity index (χ4v) is 1.27. The molecule has 2 N–H and O–H groups in total. The number of aromatic nitrogens is 1. The van der Waals surface area contributed by atoms with E-state index in [-0.39, 0.29) is 12.4 Å². The van der Waals surface area contributed by atoms with Crippen LogP contribution in [0.5, 0.6) is 0 Å². The lowest BCUT2D eigenvalue weighted by atomic mass is 10.0. The summed E-state index contributed by atoms with van der Waals surface area (Å²) in [5.74, 6) is -1.83. The lowest BCUT2D eigenvalue weighted by Crippen LogP contribution is -2.55. The van der Waals surface area contributed by atoms with E-state index in [1.165, 1.54) is 14.0 Å². The smallest absolute Gasteiger partial charge is 0.331 e. The summed E-state index contributed by atoms with van der Waals surface area (Å²) in [7, 11) is 1.35. The number of nitrogens with zero attached hydrogens (tertiary/aromatic N) is 1. The number of hydrogen-bond donors (Lipinski definition) is 2. The zero-order valence-electron chi connectivity index (χ0n) is 9.81. The van der Waals surface area contributed by atoms with Crippen molar-refractivity contribution in [2.45, 2.75) is 19.4 Å². The molecule has 7 heteroatoms. The first-order valence-electron chi connectivity index (χ1n) is 4.85. The van der Waals surface area contributed by atoms with Crippen LogP contribution in [0.3, 0.4) is 0 Å². The number of oxazole rings is 1. The lowest BCUT2D eigenvalue weighted by Gasteiger charge is -2.24. The van der Waals surface area contributed by atoms with Gasteiger partial charge in [0.15, 0.2) is 11.9 Å². The molecule has 1 amide bonds. The molecule has 0 bridgehead atoms. The summed E-state index contributed by atoms with van der Waals surface area (Å²) in [5, 5.41) is 11.4. The molecule has 0 fully saturated rings. The summed E-state index contributed by atoms with van der Waals surface area (Å²) in [4.78, 5) is 26.6. The van der Waals surface area contributed by atoms with E-state index in [1.807, 2.05) is 0 Å². The normalized spacial score (nSPS) is 14.1. The summed E-state index contributed by atoms with van der Waals surface area (Å²) in [6.45, 7) is 2.79. The highest BCUT2D eigenvalue weighted by atomic mass is 16.5. The van der Waals surface area contributed by atoms with Crippen LogP contribution in [0.2, 0.25) is 0 Å². The fourth-order valence-electron chi connectivity index (χ4n) is 1.27. The maximum atomic E-state index is 11.8. The van der Waals surface area contributed by atoms with Gasteiger partial charge in [-0.25, -0.2) is 9.78 Å². The Hall–Kier alpha value is -1.89. The summed E-state index contributed by atoms with van der Waals surface area (Å²) in [6, 6.07) is 0. The van der Waals surface area contributed by atoms with E-state index in [4.69, 9.17) is 14.3 Å². The third kappa shape index (κ3) is 2.82. The highest BCUT2D eigenvalue weighted by Crippen LogP contribution is 2.10. The Morgan fingerprint density at radius 1 is 1.65 bits per heavy atom. The van der Waals surface area contributed by atoms with Gasteiger partial charge in [0.25, 0.3) is 5.91 Å². The fraction of sp³-hybridized carbons (Fsp3) is 0.500. The maximum absolute atomic E-state index is 11.8. The summed E-state index contributed by atoms with van der Waals surface area (Å²) in [6.07, 6.45) is 1.12. The number of aryl methyl sites for hydroxylation is 1. The van der Waals surface area contributed by atoms with Gasteiger partial charge in [-0.3, -0.25) is 4.79 Å². The minimum atomic E-state index is -1.51. The third-order valence-corrected chi connectivity index (χ3v) is 2.25. The predicted molar refractivity (Wildman–Crippen MR) is 56.6 cm³/mol. The van der Waals surface area contributed by atoms with Gasteiger partial charge in [-0.1, -0.05) is 0 Å². The van der Waals surface area contributed by atoms with Gasteiger partial charge in [0.2, 0.25) is 5.76 Å². The Morgan fingerprint density at radius 3 is 2.71 bits per heavy atom. The highest BCUT2D eigenvalue weighted by molar-refractivity contribution is 5.96. The number of rotatable bonds is 5. The highest BCUT2D eigenvalue weighted by Gasteiger charge is 2.36. The second-order valence-electron chi connectivity index (χ2n) is 3.79. The zero-order valence-corrected chi connectivity index (χ0v) is 9.81. The molecular formula is C10H14N2O5. The minimum Gasteiger partial charge on any atom is -0.479 e. The molecule has 1 unspecified atom stereocenters. The molecule has 0 aromatic carbocycles. The van der Waals surface area contributed by atoms with Crippen LogP contribution >= 0.6 is 0 Å². The van der Waals surface area contributed by atoms with Crippen molar-refractivity contribution in [2.75, 3.05) is 13.7 Å². The number of aliphatic carboxylic acids is 1. The first kappa shape index (κ1) is 13.2. The Morgan fingerprint density at radius 2 is 2.29 bits per heavy atom. The van der Waals surface area contributed by atoms with Gasteiger partial charge in [-0.2, -0.15) is 0 Å². The number of carbonyl (C=O) groups excluding carboxylic acids is 1. The molecule has 17 heavy (non-hydrogen) atoms. The Labute approximate surface area is 97.8 Å². The number of methoxy groups -OCH3 is 1. The average molecular weight is 242 g/mol. The molecule has 1 atom stereocenters. The van der Waals surface area contributed by atoms with Crippen LogP contribution in [-0.4, -0.2) is 41.2 Å². The van der Waals surface area contributed by atoms with Crippen LogP contribution in [0.4, 0.5) is 0 Å². The molecule has 1 aromatic heterocycles. The van der Waals surface area contributed by atoms with Gasteiger partial charge in [0.1, 0.15) is 0 Å². The second kappa shape index (κ2) is 4.96. The monoisotopic (exact) mass is 242 g/mol. The van der Waals surface area contributed by atoms with Gasteiger partial charge < -0.3 is 19.6 Å². The number of carboxylic acid groups (broad SMARTS) is 1. The van der Waals surface area contributed by atoms with Crippen molar-refractivity contribution < 1.29 is 23.8 Å². The molecule has 0 aliphatic rings. The molecule has 0 aliphatic heterocycles. The molecule has 1 rings (SSSR count). The van der Waals surface area contributed by atoms with Crippen molar-refractivity contribution in [3.8, 4) is 0 Å². The van der Waals surface area contributed by atoms with Crippen LogP contribution in [0.15, 0.2) is 10.8 Å². The van der Waals surface area contributed by atoms with Gasteiger partial charge >= 0.3 is 5.97 Å².